The highest BCUT2D eigenvalue weighted by Crippen LogP contribution is 2.37. The zero-order valence-electron chi connectivity index (χ0n) is 20.9. The number of anilines is 1. The molecule has 1 saturated heterocycles. The van der Waals surface area contributed by atoms with Crippen LogP contribution in [0.1, 0.15) is 40.4 Å². The van der Waals surface area contributed by atoms with Crippen molar-refractivity contribution in [1.82, 2.24) is 9.80 Å². The van der Waals surface area contributed by atoms with E-state index in [-0.39, 0.29) is 22.7 Å². The van der Waals surface area contributed by atoms with Gasteiger partial charge in [-0.2, -0.15) is 0 Å². The number of rotatable bonds is 5. The van der Waals surface area contributed by atoms with Gasteiger partial charge in [-0.3, -0.25) is 9.79 Å². The quantitative estimate of drug-likeness (QED) is 0.606. The molecule has 3 aliphatic rings. The van der Waals surface area contributed by atoms with Gasteiger partial charge >= 0.3 is 0 Å². The average Bonchev–Trinajstić information content (AvgIpc) is 3.35. The lowest BCUT2D eigenvalue weighted by Gasteiger charge is -2.32. The highest BCUT2D eigenvalue weighted by atomic mass is 35.5. The number of amides is 1. The van der Waals surface area contributed by atoms with Crippen LogP contribution in [-0.2, 0) is 0 Å². The minimum atomic E-state index is -0.586. The number of ether oxygens (including phenoxy) is 1. The van der Waals surface area contributed by atoms with Crippen molar-refractivity contribution in [3.05, 3.63) is 70.3 Å². The van der Waals surface area contributed by atoms with E-state index in [1.165, 1.54) is 7.11 Å². The number of amidine groups is 2. The van der Waals surface area contributed by atoms with Crippen molar-refractivity contribution in [2.45, 2.75) is 25.8 Å². The van der Waals surface area contributed by atoms with Crippen LogP contribution >= 0.6 is 11.6 Å². The number of likely N-dealkylation sites (tertiary alicyclic amines) is 1. The molecule has 8 nitrogen and oxygen atoms in total. The van der Waals surface area contributed by atoms with E-state index in [2.05, 4.69) is 15.3 Å². The van der Waals surface area contributed by atoms with E-state index < -0.39 is 5.82 Å². The molecule has 0 spiro atoms. The summed E-state index contributed by atoms with van der Waals surface area (Å²) in [5.74, 6) is 1.27. The molecule has 5 rings (SSSR count). The Morgan fingerprint density at radius 2 is 2.05 bits per heavy atom. The normalized spacial score (nSPS) is 19.4. The Bertz CT molecular complexity index is 1300. The van der Waals surface area contributed by atoms with Gasteiger partial charge in [0, 0.05) is 36.7 Å². The molecule has 3 aliphatic heterocycles. The van der Waals surface area contributed by atoms with Crippen molar-refractivity contribution in [1.29, 1.82) is 0 Å². The molecule has 194 valence electrons. The van der Waals surface area contributed by atoms with Crippen LogP contribution in [-0.4, -0.2) is 60.7 Å². The highest BCUT2D eigenvalue weighted by molar-refractivity contribution is 6.45. The van der Waals surface area contributed by atoms with E-state index in [0.717, 1.165) is 37.2 Å². The van der Waals surface area contributed by atoms with Crippen molar-refractivity contribution in [2.75, 3.05) is 38.6 Å². The number of nitrogens with zero attached hydrogens (tertiary/aromatic N) is 4. The van der Waals surface area contributed by atoms with Gasteiger partial charge in [-0.15, -0.1) is 0 Å². The zero-order chi connectivity index (χ0) is 26.1. The van der Waals surface area contributed by atoms with Gasteiger partial charge in [-0.05, 0) is 67.6 Å². The van der Waals surface area contributed by atoms with E-state index in [9.17, 15) is 9.18 Å². The number of fused-ring (bicyclic) bond motifs is 1. The molecule has 0 bridgehead atoms. The SMILES string of the molecule is COc1ccc(C2CN=C3C(Nc4ccc(C(=O)N5CCC(CN)CC5)c(C)c4)=NC=CN32)c(Cl)c1F. The molecular formula is C27H30ClFN6O2. The molecule has 10 heteroatoms. The number of aryl methyl sites for hydroxylation is 1. The molecule has 0 saturated carbocycles. The number of carbonyl (C=O) groups is 1. The number of piperidine rings is 1. The van der Waals surface area contributed by atoms with Gasteiger partial charge in [0.05, 0.1) is 24.7 Å². The third-order valence-electron chi connectivity index (χ3n) is 7.25. The summed E-state index contributed by atoms with van der Waals surface area (Å²) in [6.07, 6.45) is 5.37. The molecule has 1 atom stereocenters. The molecule has 1 unspecified atom stereocenters. The lowest BCUT2D eigenvalue weighted by Crippen LogP contribution is -2.40. The summed E-state index contributed by atoms with van der Waals surface area (Å²) >= 11 is 6.34. The molecule has 3 heterocycles. The van der Waals surface area contributed by atoms with E-state index in [1.807, 2.05) is 34.9 Å². The number of hydrogen-bond acceptors (Lipinski definition) is 7. The first kappa shape index (κ1) is 25.2. The van der Waals surface area contributed by atoms with Crippen LogP contribution < -0.4 is 15.8 Å². The third-order valence-corrected chi connectivity index (χ3v) is 7.63. The molecule has 1 fully saturated rings. The molecule has 0 aliphatic carbocycles. The second-order valence-electron chi connectivity index (χ2n) is 9.47. The Morgan fingerprint density at radius 1 is 1.27 bits per heavy atom. The third kappa shape index (κ3) is 4.81. The second-order valence-corrected chi connectivity index (χ2v) is 9.85. The number of methoxy groups -OCH3 is 1. The minimum absolute atomic E-state index is 0.0226. The maximum absolute atomic E-state index is 14.6. The number of aliphatic imine (C=N–C) groups is 2. The average molecular weight is 525 g/mol. The van der Waals surface area contributed by atoms with Crippen molar-refractivity contribution < 1.29 is 13.9 Å². The van der Waals surface area contributed by atoms with Crippen LogP contribution in [0, 0.1) is 18.7 Å². The standard InChI is InChI=1S/C27H30ClFN6O2/c1-16-13-18(3-4-19(16)27(36)34-10-7-17(14-30)8-11-34)33-25-26-32-15-21(35(26)12-9-31-25)20-5-6-22(37-2)24(29)23(20)28/h3-6,9,12-13,17,21H,7-8,10-11,14-15,30H2,1-2H3,(H,31,33). The molecular weight excluding hydrogens is 495 g/mol. The molecule has 2 aromatic carbocycles. The monoisotopic (exact) mass is 524 g/mol. The van der Waals surface area contributed by atoms with Gasteiger partial charge in [-0.1, -0.05) is 17.7 Å². The number of benzene rings is 2. The Hall–Kier alpha value is -3.43. The van der Waals surface area contributed by atoms with Crippen LogP contribution in [0.2, 0.25) is 5.02 Å². The van der Waals surface area contributed by atoms with Gasteiger partial charge in [-0.25, -0.2) is 9.38 Å². The molecule has 2 aromatic rings. The largest absolute Gasteiger partial charge is 0.494 e. The second kappa shape index (κ2) is 10.5. The summed E-state index contributed by atoms with van der Waals surface area (Å²) in [6.45, 7) is 4.49. The maximum atomic E-state index is 14.6. The van der Waals surface area contributed by atoms with Crippen LogP contribution in [0.3, 0.4) is 0 Å². The van der Waals surface area contributed by atoms with Gasteiger partial charge in [0.2, 0.25) is 0 Å². The Kier molecular flexibility index (Phi) is 7.17. The van der Waals surface area contributed by atoms with Gasteiger partial charge in [0.15, 0.2) is 23.2 Å². The fourth-order valence-corrected chi connectivity index (χ4v) is 5.34. The van der Waals surface area contributed by atoms with E-state index >= 15 is 0 Å². The first-order chi connectivity index (χ1) is 17.9. The lowest BCUT2D eigenvalue weighted by molar-refractivity contribution is 0.0692. The predicted octanol–water partition coefficient (Wildman–Crippen LogP) is 4.36. The number of hydrogen-bond donors (Lipinski definition) is 2. The Morgan fingerprint density at radius 3 is 2.76 bits per heavy atom. The molecule has 3 N–H and O–H groups in total. The Labute approximate surface area is 220 Å². The summed E-state index contributed by atoms with van der Waals surface area (Å²) in [5, 5.41) is 3.35. The summed E-state index contributed by atoms with van der Waals surface area (Å²) in [7, 11) is 1.40. The fourth-order valence-electron chi connectivity index (χ4n) is 5.06. The summed E-state index contributed by atoms with van der Waals surface area (Å²) < 4.78 is 19.6. The number of carbonyl (C=O) groups excluding carboxylic acids is 1. The first-order valence-corrected chi connectivity index (χ1v) is 12.8. The fraction of sp³-hybridized carbons (Fsp3) is 0.370. The first-order valence-electron chi connectivity index (χ1n) is 12.4. The zero-order valence-corrected chi connectivity index (χ0v) is 21.6. The van der Waals surface area contributed by atoms with Crippen molar-refractivity contribution in [3.63, 3.8) is 0 Å². The Balaban J connectivity index is 1.29. The highest BCUT2D eigenvalue weighted by Gasteiger charge is 2.34. The number of nitrogens with one attached hydrogen (secondary N) is 1. The summed E-state index contributed by atoms with van der Waals surface area (Å²) in [5.41, 5.74) is 8.78. The predicted molar refractivity (Wildman–Crippen MR) is 144 cm³/mol. The van der Waals surface area contributed by atoms with Crippen molar-refractivity contribution in [3.8, 4) is 5.75 Å². The maximum Gasteiger partial charge on any atom is 0.254 e. The topological polar surface area (TPSA) is 95.5 Å². The minimum Gasteiger partial charge on any atom is -0.494 e. The molecule has 37 heavy (non-hydrogen) atoms. The van der Waals surface area contributed by atoms with Gasteiger partial charge < -0.3 is 25.6 Å². The van der Waals surface area contributed by atoms with Gasteiger partial charge in [0.1, 0.15) is 0 Å². The number of halogens is 2. The summed E-state index contributed by atoms with van der Waals surface area (Å²) in [6, 6.07) is 8.73. The van der Waals surface area contributed by atoms with E-state index in [1.54, 1.807) is 24.5 Å². The smallest absolute Gasteiger partial charge is 0.254 e. The van der Waals surface area contributed by atoms with Crippen molar-refractivity contribution >= 4 is 34.9 Å². The van der Waals surface area contributed by atoms with Gasteiger partial charge in [0.25, 0.3) is 5.91 Å². The summed E-state index contributed by atoms with van der Waals surface area (Å²) in [4.78, 5) is 26.1. The lowest BCUT2D eigenvalue weighted by atomic mass is 9.96. The van der Waals surface area contributed by atoms with E-state index in [0.29, 0.717) is 41.8 Å². The van der Waals surface area contributed by atoms with Crippen molar-refractivity contribution in [2.24, 2.45) is 21.6 Å². The van der Waals surface area contributed by atoms with Crippen LogP contribution in [0.15, 0.2) is 52.7 Å². The van der Waals surface area contributed by atoms with E-state index in [4.69, 9.17) is 22.1 Å². The van der Waals surface area contributed by atoms with Crippen LogP contribution in [0.4, 0.5) is 10.1 Å². The molecule has 0 radical (unpaired) electrons. The van der Waals surface area contributed by atoms with Crippen LogP contribution in [0.5, 0.6) is 5.75 Å². The molecule has 0 aromatic heterocycles. The molecule has 1 amide bonds. The number of nitrogens with two attached hydrogens (primary N) is 1. The van der Waals surface area contributed by atoms with Crippen LogP contribution in [0.25, 0.3) is 0 Å².